The van der Waals surface area contributed by atoms with Crippen molar-refractivity contribution in [3.05, 3.63) is 125 Å². The molecule has 0 N–H and O–H groups in total. The van der Waals surface area contributed by atoms with E-state index in [1.807, 2.05) is 29.2 Å². The molecule has 1 fully saturated rings. The zero-order chi connectivity index (χ0) is 26.5. The van der Waals surface area contributed by atoms with Gasteiger partial charge in [-0.05, 0) is 53.4 Å². The Balaban J connectivity index is 1.12. The van der Waals surface area contributed by atoms with E-state index in [1.54, 1.807) is 6.07 Å². The minimum Gasteiger partial charge on any atom is -0.486 e. The molecule has 0 aliphatic carbocycles. The third-order valence-corrected chi connectivity index (χ3v) is 7.64. The first-order valence-electron chi connectivity index (χ1n) is 13.3. The van der Waals surface area contributed by atoms with Crippen LogP contribution in [0.3, 0.4) is 0 Å². The van der Waals surface area contributed by atoms with Crippen molar-refractivity contribution in [3.63, 3.8) is 0 Å². The fourth-order valence-corrected chi connectivity index (χ4v) is 5.01. The Kier molecular flexibility index (Phi) is 7.66. The molecule has 0 unspecified atom stereocenters. The Labute approximate surface area is 225 Å². The summed E-state index contributed by atoms with van der Waals surface area (Å²) >= 11 is 0. The molecule has 1 aliphatic heterocycles. The van der Waals surface area contributed by atoms with Gasteiger partial charge in [-0.25, -0.2) is 0 Å². The quantitative estimate of drug-likeness (QED) is 0.274. The molecule has 0 bridgehead atoms. The van der Waals surface area contributed by atoms with Crippen LogP contribution in [0, 0.1) is 6.92 Å². The largest absolute Gasteiger partial charge is 0.486 e. The second-order valence-electron chi connectivity index (χ2n) is 10.6. The Morgan fingerprint density at radius 1 is 0.816 bits per heavy atom. The maximum atomic E-state index is 13.0. The van der Waals surface area contributed by atoms with Gasteiger partial charge in [0.25, 0.3) is 5.91 Å². The Bertz CT molecular complexity index is 1350. The Morgan fingerprint density at radius 3 is 2.18 bits per heavy atom. The average Bonchev–Trinajstić information content (AvgIpc) is 3.43. The fraction of sp³-hybridized carbons (Fsp3) is 0.303. The van der Waals surface area contributed by atoms with Crippen molar-refractivity contribution in [3.8, 4) is 5.75 Å². The van der Waals surface area contributed by atoms with E-state index >= 15 is 0 Å². The monoisotopic (exact) mass is 508 g/mol. The van der Waals surface area contributed by atoms with E-state index in [0.717, 1.165) is 25.4 Å². The molecule has 1 saturated heterocycles. The van der Waals surface area contributed by atoms with Crippen LogP contribution in [0.25, 0.3) is 0 Å². The predicted molar refractivity (Wildman–Crippen MR) is 150 cm³/mol. The third kappa shape index (κ3) is 5.84. The van der Waals surface area contributed by atoms with Crippen LogP contribution >= 0.6 is 0 Å². The summed E-state index contributed by atoms with van der Waals surface area (Å²) < 4.78 is 11.8. The molecule has 196 valence electrons. The maximum Gasteiger partial charge on any atom is 0.289 e. The summed E-state index contributed by atoms with van der Waals surface area (Å²) in [5.74, 6) is 1.72. The second kappa shape index (κ2) is 11.3. The highest BCUT2D eigenvalue weighted by Gasteiger charge is 2.25. The van der Waals surface area contributed by atoms with Gasteiger partial charge in [-0.2, -0.15) is 0 Å². The molecule has 5 nitrogen and oxygen atoms in total. The topological polar surface area (TPSA) is 45.9 Å². The molecule has 38 heavy (non-hydrogen) atoms. The van der Waals surface area contributed by atoms with E-state index in [9.17, 15) is 4.79 Å². The number of hydrogen-bond acceptors (Lipinski definition) is 4. The summed E-state index contributed by atoms with van der Waals surface area (Å²) in [4.78, 5) is 17.3. The molecular formula is C33H36N2O3. The van der Waals surface area contributed by atoms with Gasteiger partial charge < -0.3 is 14.1 Å². The highest BCUT2D eigenvalue weighted by Crippen LogP contribution is 2.32. The summed E-state index contributed by atoms with van der Waals surface area (Å²) in [5, 5.41) is 0. The minimum atomic E-state index is -0.0952. The van der Waals surface area contributed by atoms with Crippen molar-refractivity contribution in [2.45, 2.75) is 39.3 Å². The normalized spacial score (nSPS) is 14.4. The number of nitrogens with zero attached hydrogens (tertiary/aromatic N) is 2. The highest BCUT2D eigenvalue weighted by molar-refractivity contribution is 5.91. The molecule has 1 aromatic heterocycles. The molecule has 0 spiro atoms. The highest BCUT2D eigenvalue weighted by atomic mass is 16.5. The molecule has 0 saturated carbocycles. The molecule has 5 heteroatoms. The van der Waals surface area contributed by atoms with Crippen molar-refractivity contribution in [1.29, 1.82) is 0 Å². The van der Waals surface area contributed by atoms with E-state index in [0.29, 0.717) is 24.6 Å². The van der Waals surface area contributed by atoms with Crippen LogP contribution < -0.4 is 4.74 Å². The molecule has 1 amide bonds. The van der Waals surface area contributed by atoms with Crippen molar-refractivity contribution in [2.75, 3.05) is 26.2 Å². The number of amides is 1. The summed E-state index contributed by atoms with van der Waals surface area (Å²) in [6.45, 7) is 10.9. The maximum absolute atomic E-state index is 13.0. The lowest BCUT2D eigenvalue weighted by atomic mass is 9.78. The van der Waals surface area contributed by atoms with Crippen LogP contribution in [0.15, 0.2) is 95.4 Å². The zero-order valence-corrected chi connectivity index (χ0v) is 22.5. The van der Waals surface area contributed by atoms with Crippen LogP contribution in [0.2, 0.25) is 0 Å². The number of carbonyl (C=O) groups is 1. The van der Waals surface area contributed by atoms with Crippen LogP contribution in [0.1, 0.15) is 52.4 Å². The first-order chi connectivity index (χ1) is 18.4. The molecule has 1 aliphatic rings. The summed E-state index contributed by atoms with van der Waals surface area (Å²) in [5.41, 5.74) is 5.05. The number of ether oxygens (including phenoxy) is 1. The van der Waals surface area contributed by atoms with Gasteiger partial charge in [0, 0.05) is 38.1 Å². The van der Waals surface area contributed by atoms with Gasteiger partial charge >= 0.3 is 0 Å². The summed E-state index contributed by atoms with van der Waals surface area (Å²) in [6.07, 6.45) is 0. The molecule has 0 atom stereocenters. The lowest BCUT2D eigenvalue weighted by Gasteiger charge is -2.34. The Hall–Kier alpha value is -3.83. The zero-order valence-electron chi connectivity index (χ0n) is 22.5. The standard InChI is InChI=1S/C33H36N2O3/c1-25-9-7-8-10-26(25)23-34-19-21-35(22-20-34)32(36)31-18-17-30(38-31)24-37-29-15-13-28(14-16-29)33(2,3)27-11-5-4-6-12-27/h4-18H,19-24H2,1-3H3. The van der Waals surface area contributed by atoms with E-state index in [4.69, 9.17) is 9.15 Å². The number of piperazine rings is 1. The molecule has 5 rings (SSSR count). The smallest absolute Gasteiger partial charge is 0.289 e. The molecule has 2 heterocycles. The van der Waals surface area contributed by atoms with E-state index in [2.05, 4.69) is 86.3 Å². The molecule has 0 radical (unpaired) electrons. The van der Waals surface area contributed by atoms with Crippen molar-refractivity contribution < 1.29 is 13.9 Å². The van der Waals surface area contributed by atoms with E-state index < -0.39 is 0 Å². The lowest BCUT2D eigenvalue weighted by molar-refractivity contribution is 0.0594. The van der Waals surface area contributed by atoms with Crippen molar-refractivity contribution >= 4 is 5.91 Å². The van der Waals surface area contributed by atoms with E-state index in [-0.39, 0.29) is 17.9 Å². The second-order valence-corrected chi connectivity index (χ2v) is 10.6. The SMILES string of the molecule is Cc1ccccc1CN1CCN(C(=O)c2ccc(COc3ccc(C(C)(C)c4ccccc4)cc3)o2)CC1. The Morgan fingerprint density at radius 2 is 1.47 bits per heavy atom. The first kappa shape index (κ1) is 25.8. The number of carbonyl (C=O) groups excluding carboxylic acids is 1. The van der Waals surface area contributed by atoms with Gasteiger partial charge in [0.15, 0.2) is 5.76 Å². The van der Waals surface area contributed by atoms with Crippen LogP contribution in [-0.4, -0.2) is 41.9 Å². The van der Waals surface area contributed by atoms with Gasteiger partial charge in [-0.15, -0.1) is 0 Å². The first-order valence-corrected chi connectivity index (χ1v) is 13.3. The van der Waals surface area contributed by atoms with Gasteiger partial charge in [-0.1, -0.05) is 80.6 Å². The van der Waals surface area contributed by atoms with E-state index in [1.165, 1.54) is 22.3 Å². The average molecular weight is 509 g/mol. The van der Waals surface area contributed by atoms with Gasteiger partial charge in [-0.3, -0.25) is 9.69 Å². The summed E-state index contributed by atoms with van der Waals surface area (Å²) in [6, 6.07) is 30.8. The fourth-order valence-electron chi connectivity index (χ4n) is 5.01. The molecule has 4 aromatic rings. The van der Waals surface area contributed by atoms with Crippen LogP contribution in [0.5, 0.6) is 5.75 Å². The van der Waals surface area contributed by atoms with Crippen LogP contribution in [-0.2, 0) is 18.6 Å². The number of rotatable bonds is 8. The van der Waals surface area contributed by atoms with Gasteiger partial charge in [0.1, 0.15) is 18.1 Å². The van der Waals surface area contributed by atoms with Gasteiger partial charge in [0.2, 0.25) is 0 Å². The number of furan rings is 1. The lowest BCUT2D eigenvalue weighted by Crippen LogP contribution is -2.48. The van der Waals surface area contributed by atoms with Crippen molar-refractivity contribution in [1.82, 2.24) is 9.80 Å². The number of hydrogen-bond donors (Lipinski definition) is 0. The van der Waals surface area contributed by atoms with Crippen LogP contribution in [0.4, 0.5) is 0 Å². The molecular weight excluding hydrogens is 472 g/mol. The predicted octanol–water partition coefficient (Wildman–Crippen LogP) is 6.45. The molecule has 3 aromatic carbocycles. The minimum absolute atomic E-state index is 0.0562. The van der Waals surface area contributed by atoms with Crippen molar-refractivity contribution in [2.24, 2.45) is 0 Å². The third-order valence-electron chi connectivity index (χ3n) is 7.64. The number of benzene rings is 3. The number of aryl methyl sites for hydroxylation is 1. The van der Waals surface area contributed by atoms with Gasteiger partial charge in [0.05, 0.1) is 0 Å². The summed E-state index contributed by atoms with van der Waals surface area (Å²) in [7, 11) is 0.